The molecule has 43 heavy (non-hydrogen) atoms. The third-order valence-electron chi connectivity index (χ3n) is 6.74. The number of nitro benzene ring substituents is 1. The number of nitrogens with zero attached hydrogens (tertiary/aromatic N) is 3. The highest BCUT2D eigenvalue weighted by molar-refractivity contribution is 9.10. The van der Waals surface area contributed by atoms with Crippen LogP contribution in [0.4, 0.5) is 11.4 Å². The highest BCUT2D eigenvalue weighted by atomic mass is 79.9. The molecule has 0 aliphatic carbocycles. The molecule has 12 heteroatoms. The first-order valence-corrected chi connectivity index (χ1v) is 15.4. The van der Waals surface area contributed by atoms with Crippen LogP contribution in [0.3, 0.4) is 0 Å². The Morgan fingerprint density at radius 1 is 0.860 bits per heavy atom. The zero-order valence-corrected chi connectivity index (χ0v) is 25.6. The number of anilines is 1. The molecule has 0 aromatic heterocycles. The summed E-state index contributed by atoms with van der Waals surface area (Å²) in [5, 5.41) is 13.9. The maximum Gasteiger partial charge on any atom is 0.269 e. The zero-order chi connectivity index (χ0) is 31.0. The minimum atomic E-state index is -4.30. The number of benzene rings is 4. The topological polar surface area (TPSA) is 130 Å². The van der Waals surface area contributed by atoms with Gasteiger partial charge in [-0.15, -0.1) is 0 Å². The van der Waals surface area contributed by atoms with Gasteiger partial charge in [0.25, 0.3) is 15.7 Å². The number of likely N-dealkylation sites (N-methyl/N-ethyl adjacent to an activating group) is 1. The second kappa shape index (κ2) is 14.1. The Kier molecular flexibility index (Phi) is 10.3. The number of nitro groups is 1. The molecule has 2 amide bonds. The number of hydrogen-bond acceptors (Lipinski definition) is 6. The van der Waals surface area contributed by atoms with Crippen LogP contribution in [0, 0.1) is 10.1 Å². The summed E-state index contributed by atoms with van der Waals surface area (Å²) in [5.74, 6) is -1.05. The molecule has 0 bridgehead atoms. The highest BCUT2D eigenvalue weighted by Crippen LogP contribution is 2.27. The van der Waals surface area contributed by atoms with Crippen molar-refractivity contribution in [2.75, 3.05) is 17.9 Å². The van der Waals surface area contributed by atoms with Crippen molar-refractivity contribution in [3.05, 3.63) is 135 Å². The number of amides is 2. The summed E-state index contributed by atoms with van der Waals surface area (Å²) < 4.78 is 29.5. The van der Waals surface area contributed by atoms with E-state index in [1.807, 2.05) is 54.6 Å². The largest absolute Gasteiger partial charge is 0.357 e. The Balaban J connectivity index is 1.78. The van der Waals surface area contributed by atoms with Crippen molar-refractivity contribution >= 4 is 49.1 Å². The van der Waals surface area contributed by atoms with E-state index in [1.165, 1.54) is 48.3 Å². The first-order chi connectivity index (χ1) is 20.6. The summed E-state index contributed by atoms with van der Waals surface area (Å²) in [6, 6.07) is 28.0. The Morgan fingerprint density at radius 3 is 2.00 bits per heavy atom. The van der Waals surface area contributed by atoms with Crippen molar-refractivity contribution in [3.8, 4) is 0 Å². The van der Waals surface area contributed by atoms with Crippen LogP contribution in [-0.2, 0) is 32.6 Å². The van der Waals surface area contributed by atoms with Gasteiger partial charge in [-0.2, -0.15) is 0 Å². The van der Waals surface area contributed by atoms with Crippen LogP contribution in [0.5, 0.6) is 0 Å². The van der Waals surface area contributed by atoms with E-state index in [-0.39, 0.29) is 29.2 Å². The normalized spacial score (nSPS) is 11.8. The first kappa shape index (κ1) is 31.4. The molecule has 0 heterocycles. The van der Waals surface area contributed by atoms with Crippen molar-refractivity contribution in [2.45, 2.75) is 23.9 Å². The molecule has 0 saturated heterocycles. The van der Waals surface area contributed by atoms with E-state index in [1.54, 1.807) is 18.2 Å². The molecule has 0 aliphatic heterocycles. The summed E-state index contributed by atoms with van der Waals surface area (Å²) >= 11 is 3.40. The van der Waals surface area contributed by atoms with Crippen LogP contribution in [0.1, 0.15) is 11.1 Å². The number of rotatable bonds is 12. The number of hydrogen-bond donors (Lipinski definition) is 1. The second-order valence-electron chi connectivity index (χ2n) is 9.57. The quantitative estimate of drug-likeness (QED) is 0.169. The molecule has 1 atom stereocenters. The Morgan fingerprint density at radius 2 is 1.44 bits per heavy atom. The lowest BCUT2D eigenvalue weighted by Crippen LogP contribution is -2.53. The van der Waals surface area contributed by atoms with Gasteiger partial charge >= 0.3 is 0 Å². The average Bonchev–Trinajstić information content (AvgIpc) is 3.02. The fourth-order valence-corrected chi connectivity index (χ4v) is 6.20. The van der Waals surface area contributed by atoms with Gasteiger partial charge in [-0.1, -0.05) is 76.6 Å². The van der Waals surface area contributed by atoms with Crippen LogP contribution >= 0.6 is 15.9 Å². The van der Waals surface area contributed by atoms with E-state index in [2.05, 4.69) is 21.2 Å². The van der Waals surface area contributed by atoms with Gasteiger partial charge in [0.05, 0.1) is 15.5 Å². The van der Waals surface area contributed by atoms with Crippen LogP contribution in [0.2, 0.25) is 0 Å². The summed E-state index contributed by atoms with van der Waals surface area (Å²) in [7, 11) is -2.82. The minimum absolute atomic E-state index is 0.0243. The number of carbonyl (C=O) groups excluding carboxylic acids is 2. The molecular formula is C31H29BrN4O6S. The Labute approximate surface area is 258 Å². The summed E-state index contributed by atoms with van der Waals surface area (Å²) in [4.78, 5) is 39.5. The smallest absolute Gasteiger partial charge is 0.269 e. The highest BCUT2D eigenvalue weighted by Gasteiger charge is 2.34. The van der Waals surface area contributed by atoms with Crippen LogP contribution in [0.15, 0.2) is 119 Å². The molecule has 4 rings (SSSR count). The lowest BCUT2D eigenvalue weighted by atomic mass is 10.0. The fourth-order valence-electron chi connectivity index (χ4n) is 4.50. The Bertz CT molecular complexity index is 1670. The van der Waals surface area contributed by atoms with Crippen LogP contribution < -0.4 is 9.62 Å². The van der Waals surface area contributed by atoms with Crippen molar-refractivity contribution in [3.63, 3.8) is 0 Å². The predicted octanol–water partition coefficient (Wildman–Crippen LogP) is 4.94. The van der Waals surface area contributed by atoms with Crippen molar-refractivity contribution in [2.24, 2.45) is 0 Å². The van der Waals surface area contributed by atoms with Crippen molar-refractivity contribution in [1.82, 2.24) is 10.2 Å². The molecule has 0 spiro atoms. The lowest BCUT2D eigenvalue weighted by Gasteiger charge is -2.33. The molecule has 1 unspecified atom stereocenters. The molecule has 0 aliphatic rings. The molecule has 4 aromatic carbocycles. The van der Waals surface area contributed by atoms with Gasteiger partial charge in [-0.05, 0) is 47.5 Å². The number of sulfonamides is 1. The second-order valence-corrected chi connectivity index (χ2v) is 12.3. The third kappa shape index (κ3) is 7.85. The molecule has 0 radical (unpaired) electrons. The van der Waals surface area contributed by atoms with Gasteiger partial charge in [0, 0.05) is 36.6 Å². The monoisotopic (exact) mass is 664 g/mol. The third-order valence-corrected chi connectivity index (χ3v) is 9.06. The summed E-state index contributed by atoms with van der Waals surface area (Å²) in [6.07, 6.45) is 0.186. The molecule has 0 saturated carbocycles. The molecule has 4 aromatic rings. The van der Waals surface area contributed by atoms with Crippen molar-refractivity contribution in [1.29, 1.82) is 0 Å². The Hall–Kier alpha value is -4.55. The van der Waals surface area contributed by atoms with Crippen LogP contribution in [-0.4, -0.2) is 49.7 Å². The molecule has 222 valence electrons. The average molecular weight is 666 g/mol. The van der Waals surface area contributed by atoms with Crippen LogP contribution in [0.25, 0.3) is 0 Å². The van der Waals surface area contributed by atoms with E-state index >= 15 is 0 Å². The van der Waals surface area contributed by atoms with E-state index in [9.17, 15) is 28.1 Å². The SMILES string of the molecule is CNC(=O)C(Cc1ccccc1)N(Cc1ccc(Br)cc1)C(=O)CN(c1ccc([N+](=O)[O-])cc1)S(=O)(=O)c1ccccc1. The molecule has 10 nitrogen and oxygen atoms in total. The van der Waals surface area contributed by atoms with Gasteiger partial charge in [-0.3, -0.25) is 24.0 Å². The van der Waals surface area contributed by atoms with Gasteiger partial charge in [-0.25, -0.2) is 8.42 Å². The number of carbonyl (C=O) groups is 2. The minimum Gasteiger partial charge on any atom is -0.357 e. The summed E-state index contributed by atoms with van der Waals surface area (Å²) in [5.41, 5.74) is 1.37. The first-order valence-electron chi connectivity index (χ1n) is 13.2. The lowest BCUT2D eigenvalue weighted by molar-refractivity contribution is -0.384. The van der Waals surface area contributed by atoms with E-state index in [0.717, 1.165) is 19.9 Å². The molecule has 0 fully saturated rings. The number of non-ortho nitro benzene ring substituents is 1. The molecule has 1 N–H and O–H groups in total. The maximum absolute atomic E-state index is 14.2. The van der Waals surface area contributed by atoms with Gasteiger partial charge in [0.15, 0.2) is 0 Å². The van der Waals surface area contributed by atoms with Gasteiger partial charge in [0.2, 0.25) is 11.8 Å². The van der Waals surface area contributed by atoms with E-state index in [0.29, 0.717) is 0 Å². The zero-order valence-electron chi connectivity index (χ0n) is 23.2. The van der Waals surface area contributed by atoms with Gasteiger partial charge in [0.1, 0.15) is 12.6 Å². The fraction of sp³-hybridized carbons (Fsp3) is 0.161. The summed E-state index contributed by atoms with van der Waals surface area (Å²) in [6.45, 7) is -0.635. The van der Waals surface area contributed by atoms with Crippen molar-refractivity contribution < 1.29 is 22.9 Å². The maximum atomic E-state index is 14.2. The van der Waals surface area contributed by atoms with E-state index in [4.69, 9.17) is 0 Å². The molecular weight excluding hydrogens is 636 g/mol. The predicted molar refractivity (Wildman–Crippen MR) is 167 cm³/mol. The number of halogens is 1. The van der Waals surface area contributed by atoms with Gasteiger partial charge < -0.3 is 10.2 Å². The van der Waals surface area contributed by atoms with E-state index < -0.39 is 39.3 Å². The standard InChI is InChI=1S/C31H29BrN4O6S/c1-33-31(38)29(20-23-8-4-2-5-9-23)34(21-24-12-14-25(32)15-13-24)30(37)22-35(26-16-18-27(19-17-26)36(39)40)43(41,42)28-10-6-3-7-11-28/h2-19,29H,20-22H2,1H3,(H,33,38). The number of nitrogens with one attached hydrogen (secondary N) is 1.